The second kappa shape index (κ2) is 6.78. The first-order valence-electron chi connectivity index (χ1n) is 6.37. The van der Waals surface area contributed by atoms with Gasteiger partial charge >= 0.3 is 0 Å². The maximum Gasteiger partial charge on any atom is 0.269 e. The summed E-state index contributed by atoms with van der Waals surface area (Å²) in [6, 6.07) is 9.25. The number of rotatable bonds is 6. The number of hydrogen-bond donors (Lipinski definition) is 3. The SMILES string of the molecule is O=c1[nH]cccc1CNCC(O)c1cccc([N+](=O)[O-])c1. The molecular formula is C14H15N3O4. The van der Waals surface area contributed by atoms with Gasteiger partial charge in [0, 0.05) is 37.0 Å². The monoisotopic (exact) mass is 289 g/mol. The quantitative estimate of drug-likeness (QED) is 0.545. The zero-order chi connectivity index (χ0) is 15.2. The molecule has 1 heterocycles. The molecule has 0 saturated carbocycles. The summed E-state index contributed by atoms with van der Waals surface area (Å²) >= 11 is 0. The topological polar surface area (TPSA) is 108 Å². The van der Waals surface area contributed by atoms with Crippen LogP contribution in [0.5, 0.6) is 0 Å². The Kier molecular flexibility index (Phi) is 4.81. The number of benzene rings is 1. The molecule has 0 amide bonds. The minimum absolute atomic E-state index is 0.0638. The number of nitrogens with zero attached hydrogens (tertiary/aromatic N) is 1. The summed E-state index contributed by atoms with van der Waals surface area (Å²) in [5, 5.41) is 23.6. The van der Waals surface area contributed by atoms with Gasteiger partial charge < -0.3 is 15.4 Å². The summed E-state index contributed by atoms with van der Waals surface area (Å²) in [5.41, 5.74) is 0.767. The highest BCUT2D eigenvalue weighted by Gasteiger charge is 2.12. The first-order valence-corrected chi connectivity index (χ1v) is 6.37. The van der Waals surface area contributed by atoms with E-state index in [4.69, 9.17) is 0 Å². The fraction of sp³-hybridized carbons (Fsp3) is 0.214. The number of hydrogen-bond acceptors (Lipinski definition) is 5. The fourth-order valence-corrected chi connectivity index (χ4v) is 1.90. The zero-order valence-corrected chi connectivity index (χ0v) is 11.2. The van der Waals surface area contributed by atoms with E-state index < -0.39 is 11.0 Å². The third-order valence-corrected chi connectivity index (χ3v) is 3.02. The van der Waals surface area contributed by atoms with Crippen molar-refractivity contribution in [3.8, 4) is 0 Å². The summed E-state index contributed by atoms with van der Waals surface area (Å²) in [7, 11) is 0. The smallest absolute Gasteiger partial charge is 0.269 e. The van der Waals surface area contributed by atoms with E-state index in [0.717, 1.165) is 0 Å². The van der Waals surface area contributed by atoms with Crippen LogP contribution in [-0.2, 0) is 6.54 Å². The van der Waals surface area contributed by atoms with Crippen molar-refractivity contribution in [1.82, 2.24) is 10.3 Å². The summed E-state index contributed by atoms with van der Waals surface area (Å²) in [4.78, 5) is 24.2. The second-order valence-corrected chi connectivity index (χ2v) is 4.52. The molecule has 1 unspecified atom stereocenters. The van der Waals surface area contributed by atoms with Gasteiger partial charge in [-0.05, 0) is 11.6 Å². The maximum atomic E-state index is 11.5. The molecule has 7 heteroatoms. The minimum Gasteiger partial charge on any atom is -0.387 e. The number of H-pyrrole nitrogens is 1. The Bertz CT molecular complexity index is 684. The first-order chi connectivity index (χ1) is 10.1. The molecule has 1 aromatic carbocycles. The van der Waals surface area contributed by atoms with Crippen molar-refractivity contribution in [2.24, 2.45) is 0 Å². The predicted octanol–water partition coefficient (Wildman–Crippen LogP) is 1.11. The van der Waals surface area contributed by atoms with Gasteiger partial charge in [0.2, 0.25) is 0 Å². The number of aromatic nitrogens is 1. The van der Waals surface area contributed by atoms with Gasteiger partial charge in [-0.25, -0.2) is 0 Å². The Morgan fingerprint density at radius 2 is 2.14 bits per heavy atom. The molecule has 0 saturated heterocycles. The van der Waals surface area contributed by atoms with Gasteiger partial charge in [0.05, 0.1) is 11.0 Å². The highest BCUT2D eigenvalue weighted by atomic mass is 16.6. The van der Waals surface area contributed by atoms with E-state index in [-0.39, 0.29) is 17.8 Å². The lowest BCUT2D eigenvalue weighted by atomic mass is 10.1. The van der Waals surface area contributed by atoms with Gasteiger partial charge in [-0.3, -0.25) is 14.9 Å². The fourth-order valence-electron chi connectivity index (χ4n) is 1.90. The number of non-ortho nitro benzene ring substituents is 1. The van der Waals surface area contributed by atoms with Crippen molar-refractivity contribution in [3.63, 3.8) is 0 Å². The van der Waals surface area contributed by atoms with Crippen LogP contribution in [0.25, 0.3) is 0 Å². The van der Waals surface area contributed by atoms with Crippen LogP contribution in [0.15, 0.2) is 47.4 Å². The molecule has 7 nitrogen and oxygen atoms in total. The normalized spacial score (nSPS) is 12.0. The number of nitro groups is 1. The number of nitrogens with one attached hydrogen (secondary N) is 2. The Morgan fingerprint density at radius 1 is 1.33 bits per heavy atom. The molecule has 0 aliphatic heterocycles. The minimum atomic E-state index is -0.882. The van der Waals surface area contributed by atoms with Gasteiger partial charge in [0.15, 0.2) is 0 Å². The first kappa shape index (κ1) is 14.9. The van der Waals surface area contributed by atoms with E-state index in [1.165, 1.54) is 18.2 Å². The molecule has 2 aromatic rings. The summed E-state index contributed by atoms with van der Waals surface area (Å²) < 4.78 is 0. The van der Waals surface area contributed by atoms with E-state index in [0.29, 0.717) is 17.7 Å². The summed E-state index contributed by atoms with van der Waals surface area (Å²) in [5.74, 6) is 0. The van der Waals surface area contributed by atoms with E-state index in [9.17, 15) is 20.0 Å². The maximum absolute atomic E-state index is 11.5. The predicted molar refractivity (Wildman–Crippen MR) is 76.8 cm³/mol. The molecule has 110 valence electrons. The lowest BCUT2D eigenvalue weighted by Gasteiger charge is -2.11. The Balaban J connectivity index is 1.94. The van der Waals surface area contributed by atoms with Crippen molar-refractivity contribution in [2.75, 3.05) is 6.54 Å². The van der Waals surface area contributed by atoms with E-state index in [1.54, 1.807) is 24.4 Å². The van der Waals surface area contributed by atoms with Crippen LogP contribution in [0.1, 0.15) is 17.2 Å². The third-order valence-electron chi connectivity index (χ3n) is 3.02. The second-order valence-electron chi connectivity index (χ2n) is 4.52. The summed E-state index contributed by atoms with van der Waals surface area (Å²) in [6.45, 7) is 0.498. The van der Waals surface area contributed by atoms with Crippen LogP contribution >= 0.6 is 0 Å². The van der Waals surface area contributed by atoms with Gasteiger partial charge in [-0.15, -0.1) is 0 Å². The average molecular weight is 289 g/mol. The molecule has 0 aliphatic carbocycles. The average Bonchev–Trinajstić information content (AvgIpc) is 2.49. The molecule has 0 radical (unpaired) electrons. The van der Waals surface area contributed by atoms with Crippen LogP contribution in [0, 0.1) is 10.1 Å². The van der Waals surface area contributed by atoms with Gasteiger partial charge in [0.1, 0.15) is 0 Å². The third kappa shape index (κ3) is 3.98. The lowest BCUT2D eigenvalue weighted by Crippen LogP contribution is -2.24. The molecule has 3 N–H and O–H groups in total. The van der Waals surface area contributed by atoms with Crippen molar-refractivity contribution in [3.05, 3.63) is 74.2 Å². The Morgan fingerprint density at radius 3 is 2.86 bits per heavy atom. The molecule has 0 bridgehead atoms. The van der Waals surface area contributed by atoms with E-state index in [1.807, 2.05) is 0 Å². The van der Waals surface area contributed by atoms with E-state index in [2.05, 4.69) is 10.3 Å². The Labute approximate surface area is 120 Å². The summed E-state index contributed by atoms with van der Waals surface area (Å²) in [6.07, 6.45) is 0.664. The van der Waals surface area contributed by atoms with Crippen LogP contribution in [-0.4, -0.2) is 21.6 Å². The van der Waals surface area contributed by atoms with Crippen LogP contribution in [0.2, 0.25) is 0 Å². The highest BCUT2D eigenvalue weighted by molar-refractivity contribution is 5.35. The van der Waals surface area contributed by atoms with Crippen molar-refractivity contribution in [1.29, 1.82) is 0 Å². The molecular weight excluding hydrogens is 274 g/mol. The van der Waals surface area contributed by atoms with Crippen molar-refractivity contribution in [2.45, 2.75) is 12.6 Å². The molecule has 1 aromatic heterocycles. The van der Waals surface area contributed by atoms with Gasteiger partial charge in [-0.1, -0.05) is 18.2 Å². The van der Waals surface area contributed by atoms with Gasteiger partial charge in [0.25, 0.3) is 11.2 Å². The number of aliphatic hydroxyl groups excluding tert-OH is 1. The molecule has 0 aliphatic rings. The highest BCUT2D eigenvalue weighted by Crippen LogP contribution is 2.18. The van der Waals surface area contributed by atoms with E-state index >= 15 is 0 Å². The van der Waals surface area contributed by atoms with Crippen LogP contribution in [0.3, 0.4) is 0 Å². The van der Waals surface area contributed by atoms with Crippen LogP contribution in [0.4, 0.5) is 5.69 Å². The van der Waals surface area contributed by atoms with Crippen LogP contribution < -0.4 is 10.9 Å². The van der Waals surface area contributed by atoms with Crippen molar-refractivity contribution < 1.29 is 10.0 Å². The van der Waals surface area contributed by atoms with Crippen molar-refractivity contribution >= 4 is 5.69 Å². The zero-order valence-electron chi connectivity index (χ0n) is 11.2. The largest absolute Gasteiger partial charge is 0.387 e. The molecule has 0 fully saturated rings. The number of nitro benzene ring substituents is 1. The number of pyridine rings is 1. The van der Waals surface area contributed by atoms with Gasteiger partial charge in [-0.2, -0.15) is 0 Å². The molecule has 21 heavy (non-hydrogen) atoms. The molecule has 0 spiro atoms. The molecule has 1 atom stereocenters. The Hall–Kier alpha value is -2.51. The number of aromatic amines is 1. The lowest BCUT2D eigenvalue weighted by molar-refractivity contribution is -0.385. The number of aliphatic hydroxyl groups is 1. The standard InChI is InChI=1S/C14H15N3O4/c18-13(10-3-1-5-12(7-10)17(20)21)9-15-8-11-4-2-6-16-14(11)19/h1-7,13,15,18H,8-9H2,(H,16,19). The molecule has 2 rings (SSSR count).